The molecule has 5 rings (SSSR count). The molecule has 1 amide bonds. The number of nitrogens with one attached hydrogen (secondary N) is 1. The lowest BCUT2D eigenvalue weighted by molar-refractivity contribution is -0.131. The molecule has 1 aliphatic heterocycles. The zero-order valence-corrected chi connectivity index (χ0v) is 29.1. The fourth-order valence-corrected chi connectivity index (χ4v) is 8.16. The van der Waals surface area contributed by atoms with Crippen LogP contribution in [0.15, 0.2) is 56.9 Å². The number of hydrogen-bond acceptors (Lipinski definition) is 8. The summed E-state index contributed by atoms with van der Waals surface area (Å²) in [4.78, 5) is 33.2. The first kappa shape index (κ1) is 34.5. The van der Waals surface area contributed by atoms with Gasteiger partial charge >= 0.3 is 0 Å². The number of nitrogens with zero attached hydrogens (tertiary/aromatic N) is 3. The Morgan fingerprint density at radius 1 is 1.13 bits per heavy atom. The van der Waals surface area contributed by atoms with E-state index in [0.29, 0.717) is 55.7 Å². The van der Waals surface area contributed by atoms with Crippen LogP contribution >= 0.6 is 0 Å². The number of aryl methyl sites for hydroxylation is 1. The van der Waals surface area contributed by atoms with Gasteiger partial charge in [0.2, 0.25) is 0 Å². The number of sulfonamides is 1. The molecule has 1 saturated carbocycles. The smallest absolute Gasteiger partial charge is 0.263 e. The van der Waals surface area contributed by atoms with Gasteiger partial charge < -0.3 is 14.1 Å². The number of benzene rings is 2. The predicted octanol–water partition coefficient (Wildman–Crippen LogP) is 6.99. The van der Waals surface area contributed by atoms with Crippen LogP contribution in [0.1, 0.15) is 88.7 Å². The van der Waals surface area contributed by atoms with Crippen molar-refractivity contribution in [3.05, 3.63) is 64.9 Å². The lowest BCUT2D eigenvalue weighted by atomic mass is 9.92. The number of aliphatic imine (C=N–C) groups is 1. The van der Waals surface area contributed by atoms with Gasteiger partial charge in [-0.25, -0.2) is 8.42 Å². The largest absolute Gasteiger partial charge is 0.377 e. The normalized spacial score (nSPS) is 21.1. The summed E-state index contributed by atoms with van der Waals surface area (Å²) in [7, 11) is -4.02. The average Bonchev–Trinajstić information content (AvgIpc) is 3.61. The summed E-state index contributed by atoms with van der Waals surface area (Å²) in [6.45, 7) is 12.3. The Kier molecular flexibility index (Phi) is 10.4. The molecule has 0 saturated heterocycles. The van der Waals surface area contributed by atoms with Gasteiger partial charge in [0.25, 0.3) is 15.9 Å². The minimum Gasteiger partial charge on any atom is -0.377 e. The molecule has 1 unspecified atom stereocenters. The molecule has 252 valence electrons. The highest BCUT2D eigenvalue weighted by Crippen LogP contribution is 2.47. The molecular formula is C36H46N4O6S. The molecule has 10 nitrogen and oxygen atoms in total. The van der Waals surface area contributed by atoms with Crippen LogP contribution in [-0.2, 0) is 37.5 Å². The van der Waals surface area contributed by atoms with Crippen molar-refractivity contribution in [3.63, 3.8) is 0 Å². The van der Waals surface area contributed by atoms with Crippen LogP contribution in [0.3, 0.4) is 0 Å². The van der Waals surface area contributed by atoms with E-state index in [4.69, 9.17) is 14.3 Å². The minimum atomic E-state index is -4.02. The number of hydrogen-bond donors (Lipinski definition) is 1. The molecule has 3 atom stereocenters. The van der Waals surface area contributed by atoms with E-state index < -0.39 is 15.6 Å². The second kappa shape index (κ2) is 14.1. The van der Waals surface area contributed by atoms with Crippen LogP contribution in [0.5, 0.6) is 0 Å². The summed E-state index contributed by atoms with van der Waals surface area (Å²) in [6.07, 6.45) is 4.34. The summed E-state index contributed by atoms with van der Waals surface area (Å²) in [5.74, 6) is 2.04. The Morgan fingerprint density at radius 3 is 2.57 bits per heavy atom. The summed E-state index contributed by atoms with van der Waals surface area (Å²) < 4.78 is 40.9. The Hall–Kier alpha value is -3.83. The summed E-state index contributed by atoms with van der Waals surface area (Å²) in [5, 5.41) is 3.88. The van der Waals surface area contributed by atoms with E-state index in [1.165, 1.54) is 0 Å². The van der Waals surface area contributed by atoms with Gasteiger partial charge in [0.1, 0.15) is 22.9 Å². The van der Waals surface area contributed by atoms with E-state index in [-0.39, 0.29) is 40.8 Å². The van der Waals surface area contributed by atoms with Gasteiger partial charge in [0, 0.05) is 30.6 Å². The van der Waals surface area contributed by atoms with Crippen LogP contribution in [0.4, 0.5) is 5.82 Å². The molecule has 2 heterocycles. The average molecular weight is 663 g/mol. The topological polar surface area (TPSA) is 131 Å². The first-order valence-electron chi connectivity index (χ1n) is 16.5. The quantitative estimate of drug-likeness (QED) is 0.197. The molecular weight excluding hydrogens is 616 g/mol. The number of amidine groups is 1. The van der Waals surface area contributed by atoms with E-state index in [0.717, 1.165) is 35.4 Å². The van der Waals surface area contributed by atoms with Gasteiger partial charge in [-0.2, -0.15) is 0 Å². The first-order valence-corrected chi connectivity index (χ1v) is 18.0. The number of aromatic nitrogens is 1. The Morgan fingerprint density at radius 2 is 1.89 bits per heavy atom. The molecule has 1 aliphatic carbocycles. The fourth-order valence-electron chi connectivity index (χ4n) is 6.88. The van der Waals surface area contributed by atoms with E-state index in [9.17, 15) is 18.0 Å². The molecule has 11 heteroatoms. The maximum atomic E-state index is 14.2. The van der Waals surface area contributed by atoms with Gasteiger partial charge in [-0.15, -0.1) is 0 Å². The standard InChI is InChI=1S/C36H46N4O6S/c1-7-9-14-33-37-36(19-23(3)28(20-36)17-24(4)41)35(42)40(33)21-27-15-16-30(29(18-27)22-45-8-2)31-12-10-11-13-32(31)47(43,44)39-34-25(5)26(6)46-38-34/h10-13,15-16,18,23,28H,7-9,14,17,19-22H2,1-6H3,(H,38,39)/t23-,28+,36?/m0/s1. The lowest BCUT2D eigenvalue weighted by Crippen LogP contribution is -2.41. The van der Waals surface area contributed by atoms with Gasteiger partial charge in [-0.05, 0) is 81.5 Å². The first-order chi connectivity index (χ1) is 22.4. The van der Waals surface area contributed by atoms with Crippen LogP contribution < -0.4 is 4.72 Å². The minimum absolute atomic E-state index is 0.0119. The highest BCUT2D eigenvalue weighted by molar-refractivity contribution is 7.92. The number of amides is 1. The Balaban J connectivity index is 1.47. The molecule has 1 N–H and O–H groups in total. The molecule has 1 fully saturated rings. The number of ether oxygens (including phenoxy) is 1. The van der Waals surface area contributed by atoms with Gasteiger partial charge in [0.15, 0.2) is 5.82 Å². The van der Waals surface area contributed by atoms with E-state index in [1.54, 1.807) is 45.0 Å². The van der Waals surface area contributed by atoms with Crippen molar-refractivity contribution in [3.8, 4) is 11.1 Å². The number of rotatable bonds is 14. The number of Topliss-reactive ketones (excluding diaryl/α,β-unsaturated/α-hetero) is 1. The van der Waals surface area contributed by atoms with Gasteiger partial charge in [-0.1, -0.05) is 61.8 Å². The number of ketones is 1. The Labute approximate surface area is 278 Å². The third kappa shape index (κ3) is 7.21. The van der Waals surface area contributed by atoms with Crippen LogP contribution in [0.25, 0.3) is 11.1 Å². The van der Waals surface area contributed by atoms with Crippen molar-refractivity contribution >= 4 is 33.4 Å². The monoisotopic (exact) mass is 662 g/mol. The van der Waals surface area contributed by atoms with Gasteiger partial charge in [0.05, 0.1) is 18.0 Å². The van der Waals surface area contributed by atoms with Crippen molar-refractivity contribution in [1.82, 2.24) is 10.1 Å². The molecule has 2 aliphatic rings. The molecule has 0 radical (unpaired) electrons. The van der Waals surface area contributed by atoms with E-state index in [1.807, 2.05) is 30.0 Å². The van der Waals surface area contributed by atoms with Crippen molar-refractivity contribution in [2.75, 3.05) is 11.3 Å². The summed E-state index contributed by atoms with van der Waals surface area (Å²) in [5.41, 5.74) is 2.77. The van der Waals surface area contributed by atoms with Crippen LogP contribution in [0, 0.1) is 25.7 Å². The second-order valence-corrected chi connectivity index (χ2v) is 14.7. The maximum absolute atomic E-state index is 14.2. The van der Waals surface area contributed by atoms with Crippen LogP contribution in [-0.4, -0.2) is 48.1 Å². The van der Waals surface area contributed by atoms with Crippen molar-refractivity contribution in [2.24, 2.45) is 16.8 Å². The zero-order valence-electron chi connectivity index (χ0n) is 28.3. The van der Waals surface area contributed by atoms with Crippen molar-refractivity contribution < 1.29 is 27.3 Å². The maximum Gasteiger partial charge on any atom is 0.263 e. The molecule has 3 aromatic rings. The third-order valence-corrected chi connectivity index (χ3v) is 10.9. The van der Waals surface area contributed by atoms with E-state index >= 15 is 0 Å². The number of unbranched alkanes of at least 4 members (excludes halogenated alkanes) is 1. The number of carbonyl (C=O) groups excluding carboxylic acids is 2. The lowest BCUT2D eigenvalue weighted by Gasteiger charge is -2.24. The SMILES string of the molecule is CCCCC1=NC2(C[C@@H](CC(C)=O)[C@@H](C)C2)C(=O)N1Cc1ccc(-c2ccccc2S(=O)(=O)Nc2noc(C)c2C)c(COCC)c1. The number of carbonyl (C=O) groups is 2. The molecule has 1 aromatic heterocycles. The summed E-state index contributed by atoms with van der Waals surface area (Å²) in [6, 6.07) is 12.7. The highest BCUT2D eigenvalue weighted by atomic mass is 32.2. The molecule has 1 spiro atoms. The molecule has 47 heavy (non-hydrogen) atoms. The predicted molar refractivity (Wildman–Crippen MR) is 181 cm³/mol. The van der Waals surface area contributed by atoms with Gasteiger partial charge in [-0.3, -0.25) is 19.4 Å². The molecule has 0 bridgehead atoms. The van der Waals surface area contributed by atoms with Crippen LogP contribution in [0.2, 0.25) is 0 Å². The zero-order chi connectivity index (χ0) is 33.9. The second-order valence-electron chi connectivity index (χ2n) is 13.0. The third-order valence-electron chi connectivity index (χ3n) is 9.49. The fraction of sp³-hybridized carbons (Fsp3) is 0.500. The molecule has 2 aromatic carbocycles. The van der Waals surface area contributed by atoms with Crippen molar-refractivity contribution in [2.45, 2.75) is 104 Å². The highest BCUT2D eigenvalue weighted by Gasteiger charge is 2.54. The Bertz CT molecular complexity index is 1780. The van der Waals surface area contributed by atoms with Crippen molar-refractivity contribution in [1.29, 1.82) is 0 Å². The number of anilines is 1. The van der Waals surface area contributed by atoms with E-state index in [2.05, 4.69) is 23.7 Å². The summed E-state index contributed by atoms with van der Waals surface area (Å²) >= 11 is 0.